The summed E-state index contributed by atoms with van der Waals surface area (Å²) in [6, 6.07) is 2.47. The van der Waals surface area contributed by atoms with Gasteiger partial charge in [-0.2, -0.15) is 0 Å². The van der Waals surface area contributed by atoms with Gasteiger partial charge in [0.25, 0.3) is 5.91 Å². The summed E-state index contributed by atoms with van der Waals surface area (Å²) in [4.78, 5) is 29.3. The lowest BCUT2D eigenvalue weighted by Gasteiger charge is -2.36. The maximum Gasteiger partial charge on any atom is 0.317 e. The molecule has 3 aliphatic rings. The van der Waals surface area contributed by atoms with Crippen molar-refractivity contribution in [3.63, 3.8) is 0 Å². The molecule has 0 bridgehead atoms. The van der Waals surface area contributed by atoms with Crippen LogP contribution in [0.5, 0.6) is 0 Å². The van der Waals surface area contributed by atoms with Crippen LogP contribution in [0.15, 0.2) is 11.4 Å². The maximum absolute atomic E-state index is 12.7. The molecule has 0 atom stereocenters. The zero-order valence-electron chi connectivity index (χ0n) is 12.6. The van der Waals surface area contributed by atoms with E-state index in [1.807, 2.05) is 15.2 Å². The van der Waals surface area contributed by atoms with Gasteiger partial charge in [-0.25, -0.2) is 4.79 Å². The van der Waals surface area contributed by atoms with Crippen molar-refractivity contribution in [1.29, 1.82) is 0 Å². The lowest BCUT2D eigenvalue weighted by Crippen LogP contribution is -2.47. The van der Waals surface area contributed by atoms with Crippen LogP contribution in [0.25, 0.3) is 0 Å². The minimum atomic E-state index is 0.0547. The number of carbonyl (C=O) groups excluding carboxylic acids is 2. The number of urea groups is 1. The third kappa shape index (κ3) is 2.49. The summed E-state index contributed by atoms with van der Waals surface area (Å²) in [5, 5.41) is 4.90. The van der Waals surface area contributed by atoms with E-state index in [9.17, 15) is 9.59 Å². The van der Waals surface area contributed by atoms with Crippen LogP contribution in [0.1, 0.15) is 46.8 Å². The van der Waals surface area contributed by atoms with Crippen molar-refractivity contribution in [2.75, 3.05) is 26.2 Å². The molecule has 1 N–H and O–H groups in total. The van der Waals surface area contributed by atoms with E-state index in [2.05, 4.69) is 11.4 Å². The normalized spacial score (nSPS) is 23.0. The SMILES string of the molecule is O=C(c1sccc1C1CC1)N1CCC(N2CCNC2=O)CC1. The first-order chi connectivity index (χ1) is 10.7. The number of carbonyl (C=O) groups is 2. The molecule has 0 aromatic carbocycles. The molecule has 1 aromatic heterocycles. The first kappa shape index (κ1) is 14.1. The van der Waals surface area contributed by atoms with Crippen molar-refractivity contribution in [2.24, 2.45) is 0 Å². The van der Waals surface area contributed by atoms with E-state index < -0.39 is 0 Å². The Bertz CT molecular complexity index is 588. The van der Waals surface area contributed by atoms with Gasteiger partial charge >= 0.3 is 6.03 Å². The first-order valence-electron chi connectivity index (χ1n) is 8.15. The van der Waals surface area contributed by atoms with Crippen LogP contribution < -0.4 is 5.32 Å². The molecule has 3 fully saturated rings. The summed E-state index contributed by atoms with van der Waals surface area (Å²) in [6.45, 7) is 3.07. The Morgan fingerprint density at radius 3 is 2.59 bits per heavy atom. The standard InChI is InChI=1S/C16H21N3O2S/c20-15(14-13(5-10-22-14)11-1-2-11)18-7-3-12(4-8-18)19-9-6-17-16(19)21/h5,10-12H,1-4,6-9H2,(H,17,21). The van der Waals surface area contributed by atoms with Crippen LogP contribution in [-0.4, -0.2) is 54.0 Å². The predicted octanol–water partition coefficient (Wildman–Crippen LogP) is 2.26. The fraction of sp³-hybridized carbons (Fsp3) is 0.625. The summed E-state index contributed by atoms with van der Waals surface area (Å²) < 4.78 is 0. The Morgan fingerprint density at radius 1 is 1.18 bits per heavy atom. The van der Waals surface area contributed by atoms with E-state index in [1.54, 1.807) is 11.3 Å². The zero-order chi connectivity index (χ0) is 15.1. The van der Waals surface area contributed by atoms with E-state index in [4.69, 9.17) is 0 Å². The highest BCUT2D eigenvalue weighted by molar-refractivity contribution is 7.12. The fourth-order valence-corrected chi connectivity index (χ4v) is 4.52. The van der Waals surface area contributed by atoms with Crippen molar-refractivity contribution in [3.05, 3.63) is 21.9 Å². The molecule has 2 aliphatic heterocycles. The van der Waals surface area contributed by atoms with Crippen LogP contribution in [-0.2, 0) is 0 Å². The monoisotopic (exact) mass is 319 g/mol. The fourth-order valence-electron chi connectivity index (χ4n) is 3.57. The van der Waals surface area contributed by atoms with Crippen LogP contribution in [0.3, 0.4) is 0 Å². The predicted molar refractivity (Wildman–Crippen MR) is 85.3 cm³/mol. The van der Waals surface area contributed by atoms with E-state index in [0.29, 0.717) is 5.92 Å². The van der Waals surface area contributed by atoms with Gasteiger partial charge < -0.3 is 15.1 Å². The van der Waals surface area contributed by atoms with Crippen LogP contribution in [0.4, 0.5) is 4.79 Å². The van der Waals surface area contributed by atoms with Crippen molar-refractivity contribution in [2.45, 2.75) is 37.6 Å². The van der Waals surface area contributed by atoms with Gasteiger partial charge in [0.1, 0.15) is 0 Å². The van der Waals surface area contributed by atoms with Gasteiger partial charge in [-0.3, -0.25) is 4.79 Å². The molecule has 1 aliphatic carbocycles. The number of likely N-dealkylation sites (tertiary alicyclic amines) is 1. The molecular formula is C16H21N3O2S. The number of hydrogen-bond donors (Lipinski definition) is 1. The Balaban J connectivity index is 1.39. The molecule has 3 amide bonds. The maximum atomic E-state index is 12.7. The average molecular weight is 319 g/mol. The summed E-state index contributed by atoms with van der Waals surface area (Å²) >= 11 is 1.58. The number of piperidine rings is 1. The average Bonchev–Trinajstić information content (AvgIpc) is 3.11. The van der Waals surface area contributed by atoms with Crippen LogP contribution in [0.2, 0.25) is 0 Å². The second-order valence-electron chi connectivity index (χ2n) is 6.43. The number of rotatable bonds is 3. The molecule has 4 rings (SSSR count). The molecule has 2 saturated heterocycles. The van der Waals surface area contributed by atoms with Gasteiger partial charge in [-0.1, -0.05) is 0 Å². The van der Waals surface area contributed by atoms with Crippen molar-refractivity contribution in [3.8, 4) is 0 Å². The third-order valence-electron chi connectivity index (χ3n) is 4.99. The van der Waals surface area contributed by atoms with E-state index in [-0.39, 0.29) is 18.0 Å². The van der Waals surface area contributed by atoms with Crippen molar-refractivity contribution in [1.82, 2.24) is 15.1 Å². The van der Waals surface area contributed by atoms with Crippen molar-refractivity contribution >= 4 is 23.3 Å². The van der Waals surface area contributed by atoms with Gasteiger partial charge in [0.15, 0.2) is 0 Å². The Kier molecular flexibility index (Phi) is 3.56. The molecule has 1 saturated carbocycles. The van der Waals surface area contributed by atoms with E-state index >= 15 is 0 Å². The van der Waals surface area contributed by atoms with Gasteiger partial charge in [0.05, 0.1) is 4.88 Å². The number of hydrogen-bond acceptors (Lipinski definition) is 3. The zero-order valence-corrected chi connectivity index (χ0v) is 13.4. The number of nitrogens with one attached hydrogen (secondary N) is 1. The lowest BCUT2D eigenvalue weighted by molar-refractivity contribution is 0.0670. The molecule has 0 radical (unpaired) electrons. The lowest BCUT2D eigenvalue weighted by atomic mass is 10.0. The smallest absolute Gasteiger partial charge is 0.317 e. The molecule has 6 heteroatoms. The highest BCUT2D eigenvalue weighted by Crippen LogP contribution is 2.43. The van der Waals surface area contributed by atoms with Gasteiger partial charge in [0.2, 0.25) is 0 Å². The molecule has 0 unspecified atom stereocenters. The minimum absolute atomic E-state index is 0.0547. The highest BCUT2D eigenvalue weighted by Gasteiger charge is 2.34. The summed E-state index contributed by atoms with van der Waals surface area (Å²) in [6.07, 6.45) is 4.24. The molecular weight excluding hydrogens is 298 g/mol. The molecule has 3 heterocycles. The second-order valence-corrected chi connectivity index (χ2v) is 7.34. The highest BCUT2D eigenvalue weighted by atomic mass is 32.1. The molecule has 118 valence electrons. The minimum Gasteiger partial charge on any atom is -0.338 e. The van der Waals surface area contributed by atoms with Crippen LogP contribution >= 0.6 is 11.3 Å². The number of nitrogens with zero attached hydrogens (tertiary/aromatic N) is 2. The van der Waals surface area contributed by atoms with Gasteiger partial charge in [-0.05, 0) is 48.6 Å². The van der Waals surface area contributed by atoms with Crippen molar-refractivity contribution < 1.29 is 9.59 Å². The number of amides is 3. The van der Waals surface area contributed by atoms with E-state index in [1.165, 1.54) is 18.4 Å². The van der Waals surface area contributed by atoms with E-state index in [0.717, 1.165) is 43.9 Å². The van der Waals surface area contributed by atoms with Gasteiger partial charge in [0, 0.05) is 32.2 Å². The summed E-state index contributed by atoms with van der Waals surface area (Å²) in [5.41, 5.74) is 1.26. The topological polar surface area (TPSA) is 52.7 Å². The molecule has 1 aromatic rings. The largest absolute Gasteiger partial charge is 0.338 e. The quantitative estimate of drug-likeness (QED) is 0.929. The second kappa shape index (κ2) is 5.57. The molecule has 22 heavy (non-hydrogen) atoms. The Hall–Kier alpha value is -1.56. The Morgan fingerprint density at radius 2 is 1.95 bits per heavy atom. The van der Waals surface area contributed by atoms with Gasteiger partial charge in [-0.15, -0.1) is 11.3 Å². The van der Waals surface area contributed by atoms with Crippen LogP contribution in [0, 0.1) is 0 Å². The molecule has 5 nitrogen and oxygen atoms in total. The number of thiophene rings is 1. The summed E-state index contributed by atoms with van der Waals surface area (Å²) in [7, 11) is 0. The Labute approximate surface area is 134 Å². The third-order valence-corrected chi connectivity index (χ3v) is 5.91. The first-order valence-corrected chi connectivity index (χ1v) is 9.03. The summed E-state index contributed by atoms with van der Waals surface area (Å²) in [5.74, 6) is 0.817. The molecule has 0 spiro atoms.